The topological polar surface area (TPSA) is 142 Å². The predicted molar refractivity (Wildman–Crippen MR) is 171 cm³/mol. The number of nitrogen functional groups attached to an aromatic ring is 1. The molecule has 2 aromatic carbocycles. The number of anilines is 1. The molecule has 11 nitrogen and oxygen atoms in total. The van der Waals surface area contributed by atoms with Gasteiger partial charge in [0.15, 0.2) is 11.5 Å². The maximum absolute atomic E-state index is 14.5. The third kappa shape index (κ3) is 5.16. The van der Waals surface area contributed by atoms with Gasteiger partial charge in [-0.3, -0.25) is 18.8 Å². The second kappa shape index (κ2) is 11.0. The van der Waals surface area contributed by atoms with Crippen LogP contribution in [0.25, 0.3) is 22.1 Å². The molecule has 6 rings (SSSR count). The summed E-state index contributed by atoms with van der Waals surface area (Å²) in [4.78, 5) is 32.4. The van der Waals surface area contributed by atoms with E-state index >= 15 is 0 Å². The number of carbonyl (C=O) groups excluding carboxylic acids is 1. The first-order valence-electron chi connectivity index (χ1n) is 13.8. The van der Waals surface area contributed by atoms with Gasteiger partial charge in [-0.2, -0.15) is 5.10 Å². The van der Waals surface area contributed by atoms with Crippen LogP contribution in [0.1, 0.15) is 40.1 Å². The summed E-state index contributed by atoms with van der Waals surface area (Å²) in [5, 5.41) is 12.9. The minimum atomic E-state index is -2.83. The van der Waals surface area contributed by atoms with Crippen LogP contribution >= 0.6 is 7.14 Å². The van der Waals surface area contributed by atoms with Crippen molar-refractivity contribution in [2.75, 3.05) is 19.1 Å². The van der Waals surface area contributed by atoms with E-state index in [0.717, 1.165) is 0 Å². The second-order valence-corrected chi connectivity index (χ2v) is 14.0. The quantitative estimate of drug-likeness (QED) is 0.227. The van der Waals surface area contributed by atoms with Gasteiger partial charge >= 0.3 is 0 Å². The van der Waals surface area contributed by atoms with Gasteiger partial charge in [0.25, 0.3) is 11.5 Å². The number of nitrogens with two attached hydrogens (primary N) is 1. The molecule has 0 bridgehead atoms. The summed E-state index contributed by atoms with van der Waals surface area (Å²) in [7, 11) is -1.03. The standard InChI is InChI=1S/C32H29N8O3P/c1-20(36-31(41)28-29(33)37-39-16-8-15-34-30(28)39)25-17-23-10-7-9-22(14-13-21-18-35-38(2)19-21)27(23)32(42)40(25)24-11-5-6-12-26(24)44(3,4)43/h5-12,15-20H,1-4H3,(H2,33,37)(H,36,41). The lowest BCUT2D eigenvalue weighted by molar-refractivity contribution is 0.0941. The number of amides is 1. The van der Waals surface area contributed by atoms with E-state index in [-0.39, 0.29) is 16.9 Å². The lowest BCUT2D eigenvalue weighted by atomic mass is 10.0. The molecule has 44 heavy (non-hydrogen) atoms. The Morgan fingerprint density at radius 3 is 2.64 bits per heavy atom. The summed E-state index contributed by atoms with van der Waals surface area (Å²) >= 11 is 0. The molecule has 1 unspecified atom stereocenters. The zero-order chi connectivity index (χ0) is 31.2. The highest BCUT2D eigenvalue weighted by Crippen LogP contribution is 2.37. The van der Waals surface area contributed by atoms with Crippen LogP contribution in [0.4, 0.5) is 5.82 Å². The molecular formula is C32H29N8O3P. The number of hydrogen-bond acceptors (Lipinski definition) is 7. The van der Waals surface area contributed by atoms with E-state index in [4.69, 9.17) is 5.73 Å². The van der Waals surface area contributed by atoms with Crippen LogP contribution in [0.3, 0.4) is 0 Å². The van der Waals surface area contributed by atoms with Crippen LogP contribution < -0.4 is 21.9 Å². The first-order chi connectivity index (χ1) is 21.0. The van der Waals surface area contributed by atoms with Gasteiger partial charge in [0, 0.05) is 42.2 Å². The molecule has 0 spiro atoms. The number of para-hydroxylation sites is 1. The normalized spacial score (nSPS) is 12.2. The number of hydrogen-bond donors (Lipinski definition) is 2. The summed E-state index contributed by atoms with van der Waals surface area (Å²) in [6.45, 7) is 5.10. The predicted octanol–water partition coefficient (Wildman–Crippen LogP) is 3.49. The number of nitrogens with one attached hydrogen (secondary N) is 1. The Kier molecular flexibility index (Phi) is 7.15. The van der Waals surface area contributed by atoms with E-state index < -0.39 is 19.1 Å². The molecule has 0 aliphatic rings. The van der Waals surface area contributed by atoms with Crippen molar-refractivity contribution in [2.24, 2.45) is 7.05 Å². The smallest absolute Gasteiger partial charge is 0.264 e. The molecule has 0 saturated heterocycles. The highest BCUT2D eigenvalue weighted by atomic mass is 31.2. The monoisotopic (exact) mass is 604 g/mol. The molecule has 1 amide bonds. The molecule has 12 heteroatoms. The van der Waals surface area contributed by atoms with Crippen molar-refractivity contribution in [3.8, 4) is 17.5 Å². The molecule has 0 radical (unpaired) electrons. The Hall–Kier alpha value is -5.46. The highest BCUT2D eigenvalue weighted by Gasteiger charge is 2.26. The van der Waals surface area contributed by atoms with Crippen molar-refractivity contribution in [1.29, 1.82) is 0 Å². The van der Waals surface area contributed by atoms with E-state index in [9.17, 15) is 14.2 Å². The fourth-order valence-corrected chi connectivity index (χ4v) is 6.42. The van der Waals surface area contributed by atoms with Crippen molar-refractivity contribution in [1.82, 2.24) is 34.3 Å². The van der Waals surface area contributed by atoms with Gasteiger partial charge in [-0.15, -0.1) is 5.10 Å². The molecule has 0 aliphatic carbocycles. The molecule has 3 N–H and O–H groups in total. The number of benzene rings is 2. The summed E-state index contributed by atoms with van der Waals surface area (Å²) in [6.07, 6.45) is 6.65. The highest BCUT2D eigenvalue weighted by molar-refractivity contribution is 7.70. The molecular weight excluding hydrogens is 575 g/mol. The maximum atomic E-state index is 14.5. The van der Waals surface area contributed by atoms with Crippen LogP contribution in [0.15, 0.2) is 84.2 Å². The third-order valence-corrected chi connectivity index (χ3v) is 8.80. The Morgan fingerprint density at radius 2 is 1.89 bits per heavy atom. The van der Waals surface area contributed by atoms with Crippen molar-refractivity contribution < 1.29 is 9.36 Å². The largest absolute Gasteiger partial charge is 0.381 e. The van der Waals surface area contributed by atoms with Crippen LogP contribution in [0.2, 0.25) is 0 Å². The minimum Gasteiger partial charge on any atom is -0.381 e. The number of pyridine rings is 1. The van der Waals surface area contributed by atoms with E-state index in [2.05, 4.69) is 32.3 Å². The Balaban J connectivity index is 1.55. The van der Waals surface area contributed by atoms with E-state index in [0.29, 0.717) is 44.2 Å². The summed E-state index contributed by atoms with van der Waals surface area (Å²) in [5.41, 5.74) is 8.39. The number of fused-ring (bicyclic) bond motifs is 2. The van der Waals surface area contributed by atoms with Crippen molar-refractivity contribution >= 4 is 40.6 Å². The number of rotatable bonds is 5. The molecule has 4 aromatic heterocycles. The summed E-state index contributed by atoms with van der Waals surface area (Å²) < 4.78 is 18.1. The number of carbonyl (C=O) groups is 1. The second-order valence-electron chi connectivity index (χ2n) is 10.8. The Labute approximate surface area is 252 Å². The summed E-state index contributed by atoms with van der Waals surface area (Å²) in [5.74, 6) is 5.75. The molecule has 0 aliphatic heterocycles. The van der Waals surface area contributed by atoms with E-state index in [1.54, 1.807) is 93.2 Å². The fraction of sp³-hybridized carbons (Fsp3) is 0.156. The molecule has 0 fully saturated rings. The maximum Gasteiger partial charge on any atom is 0.264 e. The average molecular weight is 605 g/mol. The van der Waals surface area contributed by atoms with Crippen molar-refractivity contribution in [3.63, 3.8) is 0 Å². The Morgan fingerprint density at radius 1 is 1.09 bits per heavy atom. The molecule has 6 aromatic rings. The summed E-state index contributed by atoms with van der Waals surface area (Å²) in [6, 6.07) is 15.4. The average Bonchev–Trinajstić information content (AvgIpc) is 3.56. The zero-order valence-electron chi connectivity index (χ0n) is 24.5. The van der Waals surface area contributed by atoms with Crippen LogP contribution in [-0.4, -0.2) is 48.2 Å². The first kappa shape index (κ1) is 28.6. The lowest BCUT2D eigenvalue weighted by Gasteiger charge is -2.23. The first-order valence-corrected chi connectivity index (χ1v) is 16.4. The molecule has 1 atom stereocenters. The van der Waals surface area contributed by atoms with Crippen LogP contribution in [0.5, 0.6) is 0 Å². The van der Waals surface area contributed by atoms with Gasteiger partial charge in [-0.1, -0.05) is 36.1 Å². The molecule has 4 heterocycles. The van der Waals surface area contributed by atoms with Gasteiger partial charge < -0.3 is 15.6 Å². The molecule has 220 valence electrons. The van der Waals surface area contributed by atoms with Crippen molar-refractivity contribution in [3.05, 3.63) is 112 Å². The van der Waals surface area contributed by atoms with E-state index in [1.165, 1.54) is 9.08 Å². The van der Waals surface area contributed by atoms with Crippen molar-refractivity contribution in [2.45, 2.75) is 13.0 Å². The zero-order valence-corrected chi connectivity index (χ0v) is 25.4. The number of aryl methyl sites for hydroxylation is 1. The van der Waals surface area contributed by atoms with Gasteiger partial charge in [0.2, 0.25) is 0 Å². The third-order valence-electron chi connectivity index (χ3n) is 7.27. The van der Waals surface area contributed by atoms with Crippen LogP contribution in [-0.2, 0) is 11.6 Å². The van der Waals surface area contributed by atoms with Gasteiger partial charge in [-0.25, -0.2) is 9.50 Å². The SMILES string of the molecule is CC(NC(=O)c1c(N)nn2cccnc12)c1cc2cccc(C#Cc3cnn(C)c3)c2c(=O)n1-c1ccccc1P(C)(C)=O. The number of nitrogens with zero attached hydrogens (tertiary/aromatic N) is 6. The van der Waals surface area contributed by atoms with E-state index in [1.807, 2.05) is 18.2 Å². The number of aromatic nitrogens is 6. The molecule has 0 saturated carbocycles. The van der Waals surface area contributed by atoms with Gasteiger partial charge in [0.1, 0.15) is 12.7 Å². The fourth-order valence-electron chi connectivity index (χ4n) is 5.25. The Bertz CT molecular complexity index is 2260. The van der Waals surface area contributed by atoms with Gasteiger partial charge in [0.05, 0.1) is 28.9 Å². The lowest BCUT2D eigenvalue weighted by Crippen LogP contribution is -2.34. The van der Waals surface area contributed by atoms with Gasteiger partial charge in [-0.05, 0) is 56.0 Å². The minimum absolute atomic E-state index is 0.0318. The van der Waals surface area contributed by atoms with Crippen LogP contribution in [0, 0.1) is 11.8 Å².